The van der Waals surface area contributed by atoms with Gasteiger partial charge in [0.1, 0.15) is 12.3 Å². The van der Waals surface area contributed by atoms with E-state index in [1.54, 1.807) is 4.90 Å². The fraction of sp³-hybridized carbons (Fsp3) is 0.387. The van der Waals surface area contributed by atoms with E-state index < -0.39 is 0 Å². The highest BCUT2D eigenvalue weighted by Crippen LogP contribution is 2.36. The Morgan fingerprint density at radius 3 is 2.24 bits per heavy atom. The number of carbonyl (C=O) groups is 1. The van der Waals surface area contributed by atoms with Crippen LogP contribution in [0.1, 0.15) is 30.4 Å². The summed E-state index contributed by atoms with van der Waals surface area (Å²) >= 11 is 0. The van der Waals surface area contributed by atoms with Crippen LogP contribution in [-0.2, 0) is 17.9 Å². The fourth-order valence-electron chi connectivity index (χ4n) is 5.78. The molecule has 6 nitrogen and oxygen atoms in total. The van der Waals surface area contributed by atoms with E-state index in [4.69, 9.17) is 9.47 Å². The van der Waals surface area contributed by atoms with Crippen molar-refractivity contribution in [2.75, 3.05) is 37.7 Å². The molecule has 1 amide bonds. The molecule has 2 bridgehead atoms. The number of rotatable bonds is 10. The number of ether oxygens (including phenoxy) is 2. The van der Waals surface area contributed by atoms with Crippen LogP contribution in [-0.4, -0.2) is 54.6 Å². The highest BCUT2D eigenvalue weighted by atomic mass is 16.6. The Morgan fingerprint density at radius 2 is 1.57 bits per heavy atom. The number of para-hydroxylation sites is 1. The molecule has 1 N–H and O–H groups in total. The van der Waals surface area contributed by atoms with Crippen LogP contribution < -0.4 is 9.64 Å². The number of amides is 1. The Balaban J connectivity index is 1.19. The number of benzene rings is 3. The Hall–Kier alpha value is -3.35. The highest BCUT2D eigenvalue weighted by molar-refractivity contribution is 5.87. The van der Waals surface area contributed by atoms with Crippen molar-refractivity contribution in [2.24, 2.45) is 5.92 Å². The molecule has 3 aliphatic rings. The number of anilines is 1. The van der Waals surface area contributed by atoms with Crippen molar-refractivity contribution in [3.8, 4) is 5.75 Å². The van der Waals surface area contributed by atoms with Crippen LogP contribution in [0.2, 0.25) is 0 Å². The van der Waals surface area contributed by atoms with E-state index in [2.05, 4.69) is 0 Å². The Morgan fingerprint density at radius 1 is 0.892 bits per heavy atom. The van der Waals surface area contributed by atoms with Gasteiger partial charge in [0.05, 0.1) is 39.4 Å². The predicted molar refractivity (Wildman–Crippen MR) is 144 cm³/mol. The summed E-state index contributed by atoms with van der Waals surface area (Å²) < 4.78 is 13.2. The zero-order valence-electron chi connectivity index (χ0n) is 21.4. The van der Waals surface area contributed by atoms with Crippen molar-refractivity contribution < 1.29 is 23.9 Å². The topological polar surface area (TPSA) is 59.0 Å². The summed E-state index contributed by atoms with van der Waals surface area (Å²) in [7, 11) is 0. The molecule has 0 saturated carbocycles. The molecular formula is C31H37N2O4+. The van der Waals surface area contributed by atoms with Gasteiger partial charge in [0.15, 0.2) is 6.10 Å². The number of piperidine rings is 3. The maximum atomic E-state index is 13.5. The van der Waals surface area contributed by atoms with Crippen molar-refractivity contribution in [1.82, 2.24) is 0 Å². The van der Waals surface area contributed by atoms with Gasteiger partial charge in [0.25, 0.3) is 0 Å². The number of nitrogens with zero attached hydrogens (tertiary/aromatic N) is 2. The van der Waals surface area contributed by atoms with E-state index in [1.165, 1.54) is 0 Å². The van der Waals surface area contributed by atoms with Gasteiger partial charge in [-0.15, -0.1) is 0 Å². The summed E-state index contributed by atoms with van der Waals surface area (Å²) in [6, 6.07) is 27.5. The summed E-state index contributed by atoms with van der Waals surface area (Å²) in [5.74, 6) is 1.28. The van der Waals surface area contributed by atoms with E-state index in [9.17, 15) is 9.90 Å². The minimum Gasteiger partial charge on any atom is -0.493 e. The maximum Gasteiger partial charge on any atom is 0.415 e. The number of hydrogen-bond donors (Lipinski definition) is 1. The van der Waals surface area contributed by atoms with E-state index in [1.807, 2.05) is 84.9 Å². The first kappa shape index (κ1) is 25.3. The molecule has 6 heteroatoms. The minimum atomic E-state index is -0.262. The Kier molecular flexibility index (Phi) is 8.07. The maximum absolute atomic E-state index is 13.5. The molecule has 6 rings (SSSR count). The first-order chi connectivity index (χ1) is 18.1. The molecule has 3 heterocycles. The first-order valence-corrected chi connectivity index (χ1v) is 13.4. The third-order valence-corrected chi connectivity index (χ3v) is 7.92. The van der Waals surface area contributed by atoms with Crippen LogP contribution in [0.4, 0.5) is 10.5 Å². The lowest BCUT2D eigenvalue weighted by Crippen LogP contribution is -2.65. The quantitative estimate of drug-likeness (QED) is 0.299. The predicted octanol–water partition coefficient (Wildman–Crippen LogP) is 5.40. The third-order valence-electron chi connectivity index (χ3n) is 7.92. The molecule has 194 valence electrons. The Bertz CT molecular complexity index is 1130. The summed E-state index contributed by atoms with van der Waals surface area (Å²) in [5.41, 5.74) is 2.81. The van der Waals surface area contributed by atoms with Crippen LogP contribution in [0.5, 0.6) is 5.75 Å². The average Bonchev–Trinajstić information content (AvgIpc) is 2.96. The largest absolute Gasteiger partial charge is 0.493 e. The van der Waals surface area contributed by atoms with E-state index in [0.29, 0.717) is 19.1 Å². The summed E-state index contributed by atoms with van der Waals surface area (Å²) in [6.45, 7) is 5.40. The molecule has 37 heavy (non-hydrogen) atoms. The van der Waals surface area contributed by atoms with Gasteiger partial charge in [-0.2, -0.15) is 0 Å². The van der Waals surface area contributed by atoms with Crippen molar-refractivity contribution >= 4 is 11.8 Å². The van der Waals surface area contributed by atoms with Crippen molar-refractivity contribution in [3.63, 3.8) is 0 Å². The summed E-state index contributed by atoms with van der Waals surface area (Å²) in [5, 5.41) is 9.20. The standard InChI is InChI=1S/C31H37N2O4/c34-24-26-12-14-29(15-13-26)36-21-7-18-33-19-16-27(17-20-33)30(23-33)37-31(35)32(28-10-5-2-6-11-28)22-25-8-3-1-4-9-25/h1-6,8-15,27,30,34H,7,16-24H2/q+1/t27?,30-,33?/m0/s1. The van der Waals surface area contributed by atoms with Crippen molar-refractivity contribution in [1.29, 1.82) is 0 Å². The van der Waals surface area contributed by atoms with Gasteiger partial charge in [0.2, 0.25) is 0 Å². The van der Waals surface area contributed by atoms with Gasteiger partial charge < -0.3 is 19.1 Å². The van der Waals surface area contributed by atoms with E-state index in [-0.39, 0.29) is 18.8 Å². The molecule has 3 aromatic carbocycles. The number of quaternary nitrogens is 1. The van der Waals surface area contributed by atoms with Crippen molar-refractivity contribution in [2.45, 2.75) is 38.5 Å². The van der Waals surface area contributed by atoms with Crippen LogP contribution in [0, 0.1) is 5.92 Å². The lowest BCUT2D eigenvalue weighted by molar-refractivity contribution is -0.946. The zero-order chi connectivity index (χ0) is 25.5. The van der Waals surface area contributed by atoms with Gasteiger partial charge in [0, 0.05) is 30.9 Å². The normalized spacial score (nSPS) is 22.4. The zero-order valence-corrected chi connectivity index (χ0v) is 21.4. The molecule has 0 aliphatic carbocycles. The highest BCUT2D eigenvalue weighted by Gasteiger charge is 2.47. The second-order valence-corrected chi connectivity index (χ2v) is 10.4. The fourth-order valence-corrected chi connectivity index (χ4v) is 5.78. The SMILES string of the molecule is O=C(O[C@H]1C[N+]2(CCCOc3ccc(CO)cc3)CCC1CC2)N(Cc1ccccc1)c1ccccc1. The summed E-state index contributed by atoms with van der Waals surface area (Å²) in [4.78, 5) is 15.3. The van der Waals surface area contributed by atoms with Gasteiger partial charge in [-0.1, -0.05) is 60.7 Å². The number of aliphatic hydroxyl groups is 1. The molecule has 3 fully saturated rings. The van der Waals surface area contributed by atoms with Crippen LogP contribution in [0.15, 0.2) is 84.9 Å². The monoisotopic (exact) mass is 501 g/mol. The molecule has 3 saturated heterocycles. The smallest absolute Gasteiger partial charge is 0.415 e. The molecule has 0 radical (unpaired) electrons. The molecule has 0 unspecified atom stereocenters. The summed E-state index contributed by atoms with van der Waals surface area (Å²) in [6.07, 6.45) is 2.85. The number of hydrogen-bond acceptors (Lipinski definition) is 4. The van der Waals surface area contributed by atoms with Crippen molar-refractivity contribution in [3.05, 3.63) is 96.1 Å². The number of aliphatic hydroxyl groups excluding tert-OH is 1. The average molecular weight is 502 g/mol. The second-order valence-electron chi connectivity index (χ2n) is 10.4. The van der Waals surface area contributed by atoms with E-state index in [0.717, 1.165) is 72.5 Å². The lowest BCUT2D eigenvalue weighted by atomic mass is 9.83. The Labute approximate surface area is 219 Å². The molecule has 0 aromatic heterocycles. The number of fused-ring (bicyclic) bond motifs is 3. The van der Waals surface area contributed by atoms with Gasteiger partial charge in [-0.3, -0.25) is 4.90 Å². The third kappa shape index (κ3) is 6.32. The van der Waals surface area contributed by atoms with Gasteiger partial charge in [-0.05, 0) is 35.4 Å². The molecule has 0 spiro atoms. The van der Waals surface area contributed by atoms with E-state index >= 15 is 0 Å². The number of carbonyl (C=O) groups excluding carboxylic acids is 1. The molecule has 3 aromatic rings. The molecular weight excluding hydrogens is 464 g/mol. The minimum absolute atomic E-state index is 0.0440. The van der Waals surface area contributed by atoms with Crippen LogP contribution >= 0.6 is 0 Å². The van der Waals surface area contributed by atoms with Crippen LogP contribution in [0.3, 0.4) is 0 Å². The van der Waals surface area contributed by atoms with Gasteiger partial charge >= 0.3 is 6.09 Å². The van der Waals surface area contributed by atoms with Gasteiger partial charge in [-0.25, -0.2) is 4.79 Å². The first-order valence-electron chi connectivity index (χ1n) is 13.4. The molecule has 3 aliphatic heterocycles. The molecule has 1 atom stereocenters. The lowest BCUT2D eigenvalue weighted by Gasteiger charge is -2.52. The second kappa shape index (κ2) is 11.8. The van der Waals surface area contributed by atoms with Crippen LogP contribution in [0.25, 0.3) is 0 Å².